The lowest BCUT2D eigenvalue weighted by atomic mass is 9.57. The molecule has 8 saturated carbocycles. The van der Waals surface area contributed by atoms with Crippen molar-refractivity contribution in [2.45, 2.75) is 141 Å². The fourth-order valence-electron chi connectivity index (χ4n) is 19.8. The van der Waals surface area contributed by atoms with Crippen molar-refractivity contribution in [1.29, 1.82) is 0 Å². The van der Waals surface area contributed by atoms with Crippen LogP contribution in [0.25, 0.3) is 89.7 Å². The lowest BCUT2D eigenvalue weighted by Crippen LogP contribution is -2.45. The summed E-state index contributed by atoms with van der Waals surface area (Å²) in [4.78, 5) is 112. The van der Waals surface area contributed by atoms with Crippen molar-refractivity contribution in [1.82, 2.24) is 79.7 Å². The fraction of sp³-hybridized carbons (Fsp3) is 0.429. The van der Waals surface area contributed by atoms with Crippen LogP contribution in [0.2, 0.25) is 15.1 Å². The molecule has 8 aliphatic carbocycles. The Labute approximate surface area is 687 Å². The summed E-state index contributed by atoms with van der Waals surface area (Å²) in [5.41, 5.74) is 5.56. The first-order valence-corrected chi connectivity index (χ1v) is 40.9. The number of hydrogen-bond donors (Lipinski definition) is 6. The van der Waals surface area contributed by atoms with E-state index in [0.29, 0.717) is 146 Å². The van der Waals surface area contributed by atoms with E-state index in [-0.39, 0.29) is 87.9 Å². The molecule has 10 fully saturated rings. The van der Waals surface area contributed by atoms with E-state index in [1.807, 2.05) is 0 Å². The molecule has 12 aromatic rings. The Morgan fingerprint density at radius 3 is 1.14 bits per heavy atom. The average molecular weight is 1670 g/mol. The third kappa shape index (κ3) is 16.4. The number of carbonyl (C=O) groups is 4. The molecule has 12 aromatic heterocycles. The number of nitrogens with one attached hydrogen (secondary N) is 6. The second kappa shape index (κ2) is 33.5. The third-order valence-electron chi connectivity index (χ3n) is 25.3. The molecule has 4 bridgehead atoms. The topological polar surface area (TPSA) is 347 Å². The molecule has 8 atom stereocenters. The van der Waals surface area contributed by atoms with Gasteiger partial charge in [0, 0.05) is 110 Å². The molecule has 612 valence electrons. The smallest absolute Gasteiger partial charge is 0.309 e. The van der Waals surface area contributed by atoms with Gasteiger partial charge in [-0.05, 0) is 163 Å². The van der Waals surface area contributed by atoms with Gasteiger partial charge in [-0.25, -0.2) is 81.8 Å². The summed E-state index contributed by atoms with van der Waals surface area (Å²) < 4.78 is 92.5. The van der Waals surface area contributed by atoms with Gasteiger partial charge < -0.3 is 49.5 Å². The average Bonchev–Trinajstić information content (AvgIpc) is 0.880. The molecule has 2 saturated heterocycles. The van der Waals surface area contributed by atoms with Gasteiger partial charge in [-0.1, -0.05) is 47.6 Å². The summed E-state index contributed by atoms with van der Waals surface area (Å²) in [6, 6.07) is 6.70. The number of aromatic nitrogens is 16. The SMILES string of the molecule is COC(=O)[C@@H]1C2CCC(CC2)[C@@H]1Cc1nc(-c2c[nH]c3ncc(Cl)cc23)ncc1F.COC(=O)[C@H]1C2CCC(CC2)[C@@H]1Cc1nc(-c2c[nH]c3ncc(Cl)cc23)ncc1F.O=C1C[C@]2(CCC[C@H](Nc3nc(-c4c[nH]c5ncc(Cl)cc45)ncc3F)C2)CO1.O=C1C[C@]2(CCC[C@H](Nc3nc(-c4c[nH]c5ncc(F)cc45)ncc3F)C2)CO1. The maximum Gasteiger partial charge on any atom is 0.309 e. The molecule has 0 aromatic carbocycles. The van der Waals surface area contributed by atoms with Crippen LogP contribution in [0.1, 0.15) is 127 Å². The number of ether oxygens (including phenoxy) is 4. The summed E-state index contributed by atoms with van der Waals surface area (Å²) in [6.45, 7) is 0.875. The minimum absolute atomic E-state index is 0.0161. The molecule has 6 N–H and O–H groups in total. The number of rotatable bonds is 14. The quantitative estimate of drug-likeness (QED) is 0.0334. The van der Waals surface area contributed by atoms with Crippen molar-refractivity contribution < 1.29 is 60.1 Å². The maximum atomic E-state index is 14.7. The molecule has 14 heterocycles. The van der Waals surface area contributed by atoms with Gasteiger partial charge in [0.25, 0.3) is 0 Å². The second-order valence-corrected chi connectivity index (χ2v) is 33.8. The number of H-pyrrole nitrogens is 4. The second-order valence-electron chi connectivity index (χ2n) is 32.5. The summed E-state index contributed by atoms with van der Waals surface area (Å²) >= 11 is 18.3. The van der Waals surface area contributed by atoms with Crippen LogP contribution in [0.4, 0.5) is 33.6 Å². The molecule has 26 nitrogen and oxygen atoms in total. The zero-order valence-electron chi connectivity index (χ0n) is 64.2. The van der Waals surface area contributed by atoms with Crippen LogP contribution in [0.3, 0.4) is 0 Å². The van der Waals surface area contributed by atoms with Crippen molar-refractivity contribution >= 4 is 114 Å². The molecule has 34 heteroatoms. The molecule has 22 rings (SSSR count). The van der Waals surface area contributed by atoms with Crippen molar-refractivity contribution in [2.75, 3.05) is 38.1 Å². The van der Waals surface area contributed by atoms with E-state index in [4.69, 9.17) is 53.8 Å². The van der Waals surface area contributed by atoms with Crippen LogP contribution in [0.15, 0.2) is 98.6 Å². The van der Waals surface area contributed by atoms with E-state index >= 15 is 0 Å². The molecule has 0 radical (unpaired) electrons. The van der Waals surface area contributed by atoms with Gasteiger partial charge in [0.1, 0.15) is 28.4 Å². The van der Waals surface area contributed by atoms with Crippen LogP contribution in [0, 0.1) is 87.3 Å². The molecule has 10 aliphatic rings. The first-order chi connectivity index (χ1) is 57.1. The highest BCUT2D eigenvalue weighted by molar-refractivity contribution is 6.32. The first-order valence-electron chi connectivity index (χ1n) is 39.7. The Kier molecular flexibility index (Phi) is 22.6. The number of nitrogens with zero attached hydrogens (tertiary/aromatic N) is 12. The van der Waals surface area contributed by atoms with Crippen molar-refractivity contribution in [3.8, 4) is 45.6 Å². The Morgan fingerprint density at radius 1 is 0.449 bits per heavy atom. The predicted octanol–water partition coefficient (Wildman–Crippen LogP) is 16.8. The van der Waals surface area contributed by atoms with E-state index in [1.54, 1.807) is 61.6 Å². The third-order valence-corrected chi connectivity index (χ3v) is 26.0. The van der Waals surface area contributed by atoms with E-state index in [9.17, 15) is 41.1 Å². The standard InChI is InChI=1S/2C22H22ClFN4O2.C20H19ClFN5O2.C20H19F2N5O2/c2*1-30-22(29)19-12-4-2-11(3-5-12)14(19)7-18-17(24)10-27-21(28-18)16-9-26-20-15(16)6-13(23)8-25-20;2*21-11-4-13-14(8-24-17(13)23-7-11)18-25-9-15(22)19(27-18)26-12-2-1-3-20(5-12)6-16(28)29-10-20/h2*6,8-12,14,19H,2-5,7H2,1H3,(H,25,26);2*4,7-9,12H,1-3,5-6,10H2,(H,23,24)(H,25,26,27)/t11?,12?,14-,19+;11?,12?,14-,19-;2*12-,20+/m0000/s1. The maximum absolute atomic E-state index is 14.7. The van der Waals surface area contributed by atoms with Gasteiger partial charge in [-0.3, -0.25) is 19.2 Å². The van der Waals surface area contributed by atoms with Gasteiger partial charge in [-0.2, -0.15) is 0 Å². The Bertz CT molecular complexity index is 5470. The fourth-order valence-corrected chi connectivity index (χ4v) is 20.3. The van der Waals surface area contributed by atoms with Crippen LogP contribution in [0.5, 0.6) is 0 Å². The summed E-state index contributed by atoms with van der Waals surface area (Å²) in [7, 11) is 2.86. The molecular formula is C84H82Cl3F5N18O8. The Hall–Kier alpha value is -10.9. The minimum atomic E-state index is -0.559. The highest BCUT2D eigenvalue weighted by Crippen LogP contribution is 2.53. The normalized spacial score (nSPS) is 24.9. The largest absolute Gasteiger partial charge is 0.469 e. The monoisotopic (exact) mass is 1670 g/mol. The van der Waals surface area contributed by atoms with Crippen LogP contribution >= 0.6 is 34.8 Å². The number of cyclic esters (lactones) is 2. The Morgan fingerprint density at radius 2 is 0.788 bits per heavy atom. The summed E-state index contributed by atoms with van der Waals surface area (Å²) in [6.07, 6.45) is 34.5. The zero-order valence-corrected chi connectivity index (χ0v) is 66.5. The van der Waals surface area contributed by atoms with Crippen LogP contribution < -0.4 is 10.6 Å². The predicted molar refractivity (Wildman–Crippen MR) is 427 cm³/mol. The number of esters is 4. The van der Waals surface area contributed by atoms with Gasteiger partial charge in [0.15, 0.2) is 58.2 Å². The van der Waals surface area contributed by atoms with Crippen molar-refractivity contribution in [3.05, 3.63) is 154 Å². The van der Waals surface area contributed by atoms with Crippen LogP contribution in [-0.4, -0.2) is 143 Å². The minimum Gasteiger partial charge on any atom is -0.469 e. The van der Waals surface area contributed by atoms with E-state index in [1.165, 1.54) is 38.9 Å². The van der Waals surface area contributed by atoms with E-state index < -0.39 is 29.1 Å². The number of methoxy groups -OCH3 is 2. The van der Waals surface area contributed by atoms with E-state index in [2.05, 4.69) is 90.4 Å². The number of aromatic amines is 4. The van der Waals surface area contributed by atoms with Crippen molar-refractivity contribution in [2.24, 2.45) is 58.2 Å². The van der Waals surface area contributed by atoms with Crippen LogP contribution in [-0.2, 0) is 51.0 Å². The molecular weight excluding hydrogens is 1590 g/mol. The number of pyridine rings is 4. The number of hydrogen-bond acceptors (Lipinski definition) is 22. The number of carbonyl (C=O) groups excluding carboxylic acids is 4. The molecule has 118 heavy (non-hydrogen) atoms. The Balaban J connectivity index is 0.000000113. The first kappa shape index (κ1) is 79.5. The lowest BCUT2D eigenvalue weighted by Gasteiger charge is -2.47. The highest BCUT2D eigenvalue weighted by atomic mass is 35.5. The summed E-state index contributed by atoms with van der Waals surface area (Å²) in [5.74, 6) is -0.210. The zero-order chi connectivity index (χ0) is 81.7. The molecule has 2 aliphatic heterocycles. The van der Waals surface area contributed by atoms with Gasteiger partial charge in [-0.15, -0.1) is 0 Å². The number of halogens is 8. The van der Waals surface area contributed by atoms with Gasteiger partial charge >= 0.3 is 23.9 Å². The van der Waals surface area contributed by atoms with E-state index in [0.717, 1.165) is 142 Å². The summed E-state index contributed by atoms with van der Waals surface area (Å²) in [5, 5.41) is 10.8. The molecule has 0 unspecified atom stereocenters. The molecule has 2 spiro atoms. The molecule has 0 amide bonds. The van der Waals surface area contributed by atoms with Gasteiger partial charge in [0.2, 0.25) is 0 Å². The number of fused-ring (bicyclic) bond motifs is 10. The number of anilines is 2. The van der Waals surface area contributed by atoms with Crippen molar-refractivity contribution in [3.63, 3.8) is 0 Å². The van der Waals surface area contributed by atoms with Gasteiger partial charge in [0.05, 0.1) is 110 Å². The lowest BCUT2D eigenvalue weighted by molar-refractivity contribution is -0.156. The highest BCUT2D eigenvalue weighted by Gasteiger charge is 2.51.